The summed E-state index contributed by atoms with van der Waals surface area (Å²) in [4.78, 5) is 15.5. The van der Waals surface area contributed by atoms with Gasteiger partial charge in [-0.15, -0.1) is 0 Å². The van der Waals surface area contributed by atoms with Gasteiger partial charge in [0.15, 0.2) is 17.5 Å². The molecule has 0 spiro atoms. The Balaban J connectivity index is 1.35. The van der Waals surface area contributed by atoms with E-state index in [9.17, 15) is 0 Å². The molecule has 0 amide bonds. The van der Waals surface area contributed by atoms with E-state index in [1.54, 1.807) is 0 Å². The molecule has 0 bridgehead atoms. The number of nitrogens with zero attached hydrogens (tertiary/aromatic N) is 3. The molecule has 7 aromatic carbocycles. The van der Waals surface area contributed by atoms with Crippen molar-refractivity contribution in [2.24, 2.45) is 0 Å². The van der Waals surface area contributed by atoms with Crippen LogP contribution in [-0.2, 0) is 0 Å². The summed E-state index contributed by atoms with van der Waals surface area (Å²) in [7, 11) is 0. The van der Waals surface area contributed by atoms with Gasteiger partial charge in [0.1, 0.15) is 11.2 Å². The number of para-hydroxylation sites is 1. The second-order valence-corrected chi connectivity index (χ2v) is 11.6. The summed E-state index contributed by atoms with van der Waals surface area (Å²) in [5, 5.41) is 4.12. The zero-order valence-corrected chi connectivity index (χ0v) is 25.3. The predicted molar refractivity (Wildman–Crippen MR) is 192 cm³/mol. The van der Waals surface area contributed by atoms with E-state index in [0.717, 1.165) is 71.7 Å². The lowest BCUT2D eigenvalue weighted by Crippen LogP contribution is -2.01. The fourth-order valence-corrected chi connectivity index (χ4v) is 6.47. The zero-order chi connectivity index (χ0) is 31.2. The quantitative estimate of drug-likeness (QED) is 0.197. The van der Waals surface area contributed by atoms with Crippen molar-refractivity contribution in [2.45, 2.75) is 0 Å². The standard InChI is InChI=1S/C43H27N3O/c1-4-14-28(15-5-1)31-24-25-33-36(26-31)40-37(34-21-12-13-23-39(34)47-40)27-38(33)43-45-41(30-18-8-3-9-19-30)44-42(46-43)35-22-11-10-20-32(35)29-16-6-2-7-17-29/h1-27H. The highest BCUT2D eigenvalue weighted by Gasteiger charge is 2.20. The van der Waals surface area contributed by atoms with Crippen molar-refractivity contribution in [3.05, 3.63) is 164 Å². The molecular weight excluding hydrogens is 574 g/mol. The first-order chi connectivity index (χ1) is 23.3. The van der Waals surface area contributed by atoms with Crippen molar-refractivity contribution in [1.29, 1.82) is 0 Å². The number of aromatic nitrogens is 3. The molecule has 220 valence electrons. The Bertz CT molecular complexity index is 2560. The van der Waals surface area contributed by atoms with Gasteiger partial charge in [0.05, 0.1) is 0 Å². The van der Waals surface area contributed by atoms with Crippen LogP contribution in [0.15, 0.2) is 168 Å². The Morgan fingerprint density at radius 2 is 0.872 bits per heavy atom. The monoisotopic (exact) mass is 601 g/mol. The molecule has 0 saturated carbocycles. The molecule has 2 aromatic heterocycles. The zero-order valence-electron chi connectivity index (χ0n) is 25.3. The maximum Gasteiger partial charge on any atom is 0.164 e. The van der Waals surface area contributed by atoms with Gasteiger partial charge >= 0.3 is 0 Å². The van der Waals surface area contributed by atoms with E-state index >= 15 is 0 Å². The largest absolute Gasteiger partial charge is 0.455 e. The molecule has 0 aliphatic carbocycles. The third-order valence-electron chi connectivity index (χ3n) is 8.75. The number of fused-ring (bicyclic) bond motifs is 5. The minimum atomic E-state index is 0.612. The Labute approximate surface area is 271 Å². The normalized spacial score (nSPS) is 11.4. The first kappa shape index (κ1) is 27.0. The summed E-state index contributed by atoms with van der Waals surface area (Å²) < 4.78 is 6.55. The molecule has 0 saturated heterocycles. The van der Waals surface area contributed by atoms with Gasteiger partial charge in [0.25, 0.3) is 0 Å². The van der Waals surface area contributed by atoms with E-state index in [4.69, 9.17) is 19.4 Å². The highest BCUT2D eigenvalue weighted by atomic mass is 16.3. The van der Waals surface area contributed by atoms with Gasteiger partial charge in [0, 0.05) is 32.8 Å². The summed E-state index contributed by atoms with van der Waals surface area (Å²) in [5.74, 6) is 1.86. The molecule has 4 nitrogen and oxygen atoms in total. The Morgan fingerprint density at radius 3 is 1.62 bits per heavy atom. The number of rotatable bonds is 5. The topological polar surface area (TPSA) is 51.8 Å². The lowest BCUT2D eigenvalue weighted by Gasteiger charge is -2.14. The van der Waals surface area contributed by atoms with Gasteiger partial charge in [-0.2, -0.15) is 0 Å². The number of hydrogen-bond acceptors (Lipinski definition) is 4. The van der Waals surface area contributed by atoms with Crippen LogP contribution in [-0.4, -0.2) is 15.0 Å². The van der Waals surface area contributed by atoms with Gasteiger partial charge in [-0.25, -0.2) is 15.0 Å². The first-order valence-corrected chi connectivity index (χ1v) is 15.7. The third-order valence-corrected chi connectivity index (χ3v) is 8.75. The lowest BCUT2D eigenvalue weighted by atomic mass is 9.95. The Hall–Kier alpha value is -6.39. The molecule has 0 atom stereocenters. The number of benzene rings is 7. The molecule has 0 radical (unpaired) electrons. The average Bonchev–Trinajstić information content (AvgIpc) is 3.54. The first-order valence-electron chi connectivity index (χ1n) is 15.7. The Kier molecular flexibility index (Phi) is 6.43. The molecule has 9 rings (SSSR count). The van der Waals surface area contributed by atoms with E-state index < -0.39 is 0 Å². The number of furan rings is 1. The SMILES string of the molecule is c1ccc(-c2ccc3c(-c4nc(-c5ccccc5)nc(-c5ccccc5-c5ccccc5)n4)cc4c5ccccc5oc4c3c2)cc1. The molecule has 47 heavy (non-hydrogen) atoms. The molecular formula is C43H27N3O. The second kappa shape index (κ2) is 11.2. The molecule has 0 N–H and O–H groups in total. The van der Waals surface area contributed by atoms with Crippen LogP contribution in [0.5, 0.6) is 0 Å². The summed E-state index contributed by atoms with van der Waals surface area (Å²) in [6.45, 7) is 0. The lowest BCUT2D eigenvalue weighted by molar-refractivity contribution is 0.672. The predicted octanol–water partition coefficient (Wildman–Crippen LogP) is 11.3. The second-order valence-electron chi connectivity index (χ2n) is 11.6. The number of hydrogen-bond donors (Lipinski definition) is 0. The minimum absolute atomic E-state index is 0.612. The smallest absolute Gasteiger partial charge is 0.164 e. The molecule has 0 unspecified atom stereocenters. The Morgan fingerprint density at radius 1 is 0.319 bits per heavy atom. The molecule has 2 heterocycles. The van der Waals surface area contributed by atoms with Crippen LogP contribution >= 0.6 is 0 Å². The molecule has 4 heteroatoms. The maximum absolute atomic E-state index is 6.55. The van der Waals surface area contributed by atoms with Gasteiger partial charge < -0.3 is 4.42 Å². The van der Waals surface area contributed by atoms with Crippen LogP contribution < -0.4 is 0 Å². The summed E-state index contributed by atoms with van der Waals surface area (Å²) in [6, 6.07) is 56.2. The van der Waals surface area contributed by atoms with Crippen LogP contribution in [0.4, 0.5) is 0 Å². The molecule has 0 aliphatic rings. The van der Waals surface area contributed by atoms with Gasteiger partial charge in [-0.1, -0.05) is 146 Å². The molecule has 9 aromatic rings. The van der Waals surface area contributed by atoms with Gasteiger partial charge in [-0.3, -0.25) is 0 Å². The van der Waals surface area contributed by atoms with E-state index in [2.05, 4.69) is 103 Å². The summed E-state index contributed by atoms with van der Waals surface area (Å²) >= 11 is 0. The van der Waals surface area contributed by atoms with E-state index in [1.807, 2.05) is 60.7 Å². The fraction of sp³-hybridized carbons (Fsp3) is 0. The van der Waals surface area contributed by atoms with Crippen LogP contribution in [0.25, 0.3) is 89.1 Å². The molecule has 0 fully saturated rings. The summed E-state index contributed by atoms with van der Waals surface area (Å²) in [6.07, 6.45) is 0. The summed E-state index contributed by atoms with van der Waals surface area (Å²) in [5.41, 5.74) is 8.96. The molecule has 0 aliphatic heterocycles. The van der Waals surface area contributed by atoms with E-state index in [-0.39, 0.29) is 0 Å². The van der Waals surface area contributed by atoms with E-state index in [1.165, 1.54) is 0 Å². The van der Waals surface area contributed by atoms with Crippen LogP contribution in [0.3, 0.4) is 0 Å². The van der Waals surface area contributed by atoms with Crippen LogP contribution in [0.1, 0.15) is 0 Å². The van der Waals surface area contributed by atoms with E-state index in [0.29, 0.717) is 17.5 Å². The fourth-order valence-electron chi connectivity index (χ4n) is 6.47. The van der Waals surface area contributed by atoms with Crippen molar-refractivity contribution >= 4 is 32.7 Å². The highest BCUT2D eigenvalue weighted by Crippen LogP contribution is 2.41. The highest BCUT2D eigenvalue weighted by molar-refractivity contribution is 6.19. The average molecular weight is 602 g/mol. The van der Waals surface area contributed by atoms with Gasteiger partial charge in [0.2, 0.25) is 0 Å². The third kappa shape index (κ3) is 4.75. The van der Waals surface area contributed by atoms with Crippen LogP contribution in [0, 0.1) is 0 Å². The van der Waals surface area contributed by atoms with Crippen molar-refractivity contribution in [1.82, 2.24) is 15.0 Å². The van der Waals surface area contributed by atoms with Crippen molar-refractivity contribution in [3.8, 4) is 56.4 Å². The van der Waals surface area contributed by atoms with Crippen molar-refractivity contribution in [3.63, 3.8) is 0 Å². The van der Waals surface area contributed by atoms with Crippen LogP contribution in [0.2, 0.25) is 0 Å². The minimum Gasteiger partial charge on any atom is -0.455 e. The van der Waals surface area contributed by atoms with Crippen molar-refractivity contribution in [2.75, 3.05) is 0 Å². The van der Waals surface area contributed by atoms with Crippen molar-refractivity contribution < 1.29 is 4.42 Å². The van der Waals surface area contributed by atoms with Gasteiger partial charge in [-0.05, 0) is 45.8 Å². The maximum atomic E-state index is 6.55.